The lowest BCUT2D eigenvalue weighted by atomic mass is 10.2. The predicted molar refractivity (Wildman–Crippen MR) is 57.5 cm³/mol. The molecule has 0 N–H and O–H groups in total. The molecular formula is C10H11ClN2O2. The van der Waals surface area contributed by atoms with Crippen molar-refractivity contribution in [3.05, 3.63) is 23.9 Å². The Morgan fingerprint density at radius 3 is 2.87 bits per heavy atom. The highest BCUT2D eigenvalue weighted by molar-refractivity contribution is 6.67. The van der Waals surface area contributed by atoms with Gasteiger partial charge in [0.05, 0.1) is 13.2 Å². The van der Waals surface area contributed by atoms with Crippen molar-refractivity contribution < 1.29 is 9.53 Å². The summed E-state index contributed by atoms with van der Waals surface area (Å²) in [7, 11) is 0. The lowest BCUT2D eigenvalue weighted by Gasteiger charge is -2.27. The van der Waals surface area contributed by atoms with E-state index in [1.54, 1.807) is 18.3 Å². The summed E-state index contributed by atoms with van der Waals surface area (Å²) in [5.74, 6) is 0.782. The van der Waals surface area contributed by atoms with E-state index >= 15 is 0 Å². The van der Waals surface area contributed by atoms with Crippen LogP contribution in [0.25, 0.3) is 0 Å². The minimum atomic E-state index is -0.452. The highest BCUT2D eigenvalue weighted by atomic mass is 35.5. The Labute approximate surface area is 92.8 Å². The number of nitrogens with zero attached hydrogens (tertiary/aromatic N) is 2. The molecule has 0 amide bonds. The van der Waals surface area contributed by atoms with Gasteiger partial charge in [-0.1, -0.05) is 0 Å². The molecule has 0 unspecified atom stereocenters. The van der Waals surface area contributed by atoms with Gasteiger partial charge in [0.25, 0.3) is 5.24 Å². The molecule has 1 aromatic heterocycles. The summed E-state index contributed by atoms with van der Waals surface area (Å²) in [6.45, 7) is 2.99. The lowest BCUT2D eigenvalue weighted by Crippen LogP contribution is -2.36. The number of pyridine rings is 1. The monoisotopic (exact) mass is 226 g/mol. The first-order valence-corrected chi connectivity index (χ1v) is 5.14. The summed E-state index contributed by atoms with van der Waals surface area (Å²) in [5, 5.41) is -0.452. The maximum Gasteiger partial charge on any atom is 0.252 e. The number of carbonyl (C=O) groups is 1. The third-order valence-corrected chi connectivity index (χ3v) is 2.53. The molecular weight excluding hydrogens is 216 g/mol. The number of hydrogen-bond donors (Lipinski definition) is 0. The van der Waals surface area contributed by atoms with E-state index in [2.05, 4.69) is 9.88 Å². The van der Waals surface area contributed by atoms with E-state index in [0.717, 1.165) is 18.9 Å². The zero-order valence-corrected chi connectivity index (χ0v) is 8.91. The van der Waals surface area contributed by atoms with Crippen LogP contribution in [0.15, 0.2) is 18.3 Å². The fourth-order valence-corrected chi connectivity index (χ4v) is 1.62. The van der Waals surface area contributed by atoms with Gasteiger partial charge in [0.15, 0.2) is 0 Å². The van der Waals surface area contributed by atoms with Gasteiger partial charge in [-0.05, 0) is 23.7 Å². The number of rotatable bonds is 2. The van der Waals surface area contributed by atoms with Gasteiger partial charge in [0.1, 0.15) is 5.82 Å². The van der Waals surface area contributed by atoms with Crippen molar-refractivity contribution in [3.63, 3.8) is 0 Å². The lowest BCUT2D eigenvalue weighted by molar-refractivity contribution is 0.108. The fraction of sp³-hybridized carbons (Fsp3) is 0.400. The Hall–Kier alpha value is -1.13. The summed E-state index contributed by atoms with van der Waals surface area (Å²) in [5.41, 5.74) is 0.480. The molecule has 5 heteroatoms. The van der Waals surface area contributed by atoms with Gasteiger partial charge in [-0.25, -0.2) is 4.98 Å². The number of ether oxygens (including phenoxy) is 1. The van der Waals surface area contributed by atoms with Crippen molar-refractivity contribution in [2.45, 2.75) is 0 Å². The molecule has 1 aliphatic heterocycles. The standard InChI is InChI=1S/C10H11ClN2O2/c11-10(14)8-1-2-12-9(7-8)13-3-5-15-6-4-13/h1-2,7H,3-6H2. The van der Waals surface area contributed by atoms with Crippen molar-refractivity contribution in [2.24, 2.45) is 0 Å². The van der Waals surface area contributed by atoms with Gasteiger partial charge in [-0.3, -0.25) is 4.79 Å². The van der Waals surface area contributed by atoms with E-state index in [0.29, 0.717) is 18.8 Å². The van der Waals surface area contributed by atoms with Gasteiger partial charge in [-0.2, -0.15) is 0 Å². The maximum atomic E-state index is 11.0. The van der Waals surface area contributed by atoms with Crippen molar-refractivity contribution in [1.29, 1.82) is 0 Å². The molecule has 2 rings (SSSR count). The SMILES string of the molecule is O=C(Cl)c1ccnc(N2CCOCC2)c1. The number of morpholine rings is 1. The molecule has 1 fully saturated rings. The second-order valence-corrected chi connectivity index (χ2v) is 3.62. The molecule has 4 nitrogen and oxygen atoms in total. The van der Waals surface area contributed by atoms with Crippen LogP contribution in [0.2, 0.25) is 0 Å². The zero-order chi connectivity index (χ0) is 10.7. The molecule has 1 saturated heterocycles. The van der Waals surface area contributed by atoms with Crippen LogP contribution in [-0.2, 0) is 4.74 Å². The third kappa shape index (κ3) is 2.46. The van der Waals surface area contributed by atoms with Crippen LogP contribution in [0, 0.1) is 0 Å². The minimum absolute atomic E-state index is 0.452. The average molecular weight is 227 g/mol. The number of halogens is 1. The molecule has 1 aliphatic rings. The first-order valence-electron chi connectivity index (χ1n) is 4.76. The molecule has 0 saturated carbocycles. The van der Waals surface area contributed by atoms with E-state index in [4.69, 9.17) is 16.3 Å². The zero-order valence-electron chi connectivity index (χ0n) is 8.15. The van der Waals surface area contributed by atoms with Crippen LogP contribution in [0.1, 0.15) is 10.4 Å². The van der Waals surface area contributed by atoms with Crippen LogP contribution in [0.5, 0.6) is 0 Å². The topological polar surface area (TPSA) is 42.4 Å². The van der Waals surface area contributed by atoms with E-state index in [1.165, 1.54) is 0 Å². The fourth-order valence-electron chi connectivity index (χ4n) is 1.51. The van der Waals surface area contributed by atoms with E-state index < -0.39 is 5.24 Å². The van der Waals surface area contributed by atoms with Gasteiger partial charge in [0, 0.05) is 24.8 Å². The largest absolute Gasteiger partial charge is 0.378 e. The molecule has 0 spiro atoms. The number of aromatic nitrogens is 1. The average Bonchev–Trinajstić information content (AvgIpc) is 2.30. The molecule has 0 radical (unpaired) electrons. The van der Waals surface area contributed by atoms with Crippen LogP contribution in [0.3, 0.4) is 0 Å². The summed E-state index contributed by atoms with van der Waals surface area (Å²) >= 11 is 5.40. The molecule has 0 bridgehead atoms. The van der Waals surface area contributed by atoms with E-state index in [1.807, 2.05) is 0 Å². The van der Waals surface area contributed by atoms with Gasteiger partial charge in [-0.15, -0.1) is 0 Å². The van der Waals surface area contributed by atoms with Crippen LogP contribution >= 0.6 is 11.6 Å². The van der Waals surface area contributed by atoms with Gasteiger partial charge >= 0.3 is 0 Å². The minimum Gasteiger partial charge on any atom is -0.378 e. The molecule has 0 aromatic carbocycles. The first-order chi connectivity index (χ1) is 7.27. The number of carbonyl (C=O) groups excluding carboxylic acids is 1. The third-order valence-electron chi connectivity index (χ3n) is 2.31. The number of hydrogen-bond acceptors (Lipinski definition) is 4. The maximum absolute atomic E-state index is 11.0. The Kier molecular flexibility index (Phi) is 3.18. The summed E-state index contributed by atoms with van der Waals surface area (Å²) < 4.78 is 5.24. The summed E-state index contributed by atoms with van der Waals surface area (Å²) in [6, 6.07) is 3.32. The molecule has 0 atom stereocenters. The highest BCUT2D eigenvalue weighted by Crippen LogP contribution is 2.15. The predicted octanol–water partition coefficient (Wildman–Crippen LogP) is 1.30. The Morgan fingerprint density at radius 1 is 1.47 bits per heavy atom. The van der Waals surface area contributed by atoms with E-state index in [-0.39, 0.29) is 0 Å². The number of anilines is 1. The first kappa shape index (κ1) is 10.4. The van der Waals surface area contributed by atoms with Crippen LogP contribution < -0.4 is 4.90 Å². The van der Waals surface area contributed by atoms with Crippen molar-refractivity contribution >= 4 is 22.7 Å². The molecule has 15 heavy (non-hydrogen) atoms. The van der Waals surface area contributed by atoms with Crippen molar-refractivity contribution in [1.82, 2.24) is 4.98 Å². The Morgan fingerprint density at radius 2 is 2.20 bits per heavy atom. The molecule has 2 heterocycles. The molecule has 80 valence electrons. The Balaban J connectivity index is 2.19. The summed E-state index contributed by atoms with van der Waals surface area (Å²) in [4.78, 5) is 17.3. The van der Waals surface area contributed by atoms with Crippen molar-refractivity contribution in [3.8, 4) is 0 Å². The van der Waals surface area contributed by atoms with E-state index in [9.17, 15) is 4.79 Å². The second kappa shape index (κ2) is 4.59. The molecule has 0 aliphatic carbocycles. The highest BCUT2D eigenvalue weighted by Gasteiger charge is 2.13. The molecule has 1 aromatic rings. The van der Waals surface area contributed by atoms with Crippen LogP contribution in [-0.4, -0.2) is 36.5 Å². The summed E-state index contributed by atoms with van der Waals surface area (Å²) in [6.07, 6.45) is 1.60. The van der Waals surface area contributed by atoms with Crippen molar-refractivity contribution in [2.75, 3.05) is 31.2 Å². The smallest absolute Gasteiger partial charge is 0.252 e. The normalized spacial score (nSPS) is 16.5. The quantitative estimate of drug-likeness (QED) is 0.713. The Bertz CT molecular complexity index is 364. The van der Waals surface area contributed by atoms with Crippen LogP contribution in [0.4, 0.5) is 5.82 Å². The van der Waals surface area contributed by atoms with Gasteiger partial charge in [0.2, 0.25) is 0 Å². The second-order valence-electron chi connectivity index (χ2n) is 3.28. The van der Waals surface area contributed by atoms with Gasteiger partial charge < -0.3 is 9.64 Å².